The van der Waals surface area contributed by atoms with E-state index in [1.165, 1.54) is 0 Å². The van der Waals surface area contributed by atoms with E-state index in [-0.39, 0.29) is 42.1 Å². The monoisotopic (exact) mass is 1080 g/mol. The average molecular weight is 1080 g/mol. The van der Waals surface area contributed by atoms with Crippen LogP contribution in [0.25, 0.3) is 50.3 Å². The van der Waals surface area contributed by atoms with Crippen molar-refractivity contribution in [3.63, 3.8) is 0 Å². The van der Waals surface area contributed by atoms with E-state index in [1.54, 1.807) is 24.8 Å². The van der Waals surface area contributed by atoms with Crippen LogP contribution in [0, 0.1) is 36.1 Å². The van der Waals surface area contributed by atoms with Crippen molar-refractivity contribution in [1.82, 2.24) is 24.5 Å². The summed E-state index contributed by atoms with van der Waals surface area (Å²) in [6.45, 7) is 8.93. The first kappa shape index (κ1) is 39.7. The number of nitrogens with zero attached hydrogens (tertiary/aromatic N) is 5. The summed E-state index contributed by atoms with van der Waals surface area (Å²) >= 11 is 0. The molecule has 4 aromatic carbocycles. The van der Waals surface area contributed by atoms with Gasteiger partial charge in [0.25, 0.3) is 0 Å². The molecule has 0 spiro atoms. The first-order valence-corrected chi connectivity index (χ1v) is 17.9. The zero-order valence-corrected chi connectivity index (χ0v) is 35.3. The molecule has 0 amide bonds. The van der Waals surface area contributed by atoms with E-state index in [0.717, 1.165) is 68.3 Å². The molecule has 0 fully saturated rings. The van der Waals surface area contributed by atoms with Gasteiger partial charge in [-0.25, -0.2) is 9.97 Å². The molecule has 0 aliphatic carbocycles. The van der Waals surface area contributed by atoms with Gasteiger partial charge in [-0.2, -0.15) is 21.9 Å². The smallest absolute Gasteiger partial charge is 0.503 e. The fourth-order valence-electron chi connectivity index (χ4n) is 6.71. The minimum atomic E-state index is 0. The van der Waals surface area contributed by atoms with Crippen molar-refractivity contribution in [2.75, 3.05) is 0 Å². The van der Waals surface area contributed by atoms with Crippen LogP contribution in [0.15, 0.2) is 116 Å². The summed E-state index contributed by atoms with van der Waals surface area (Å²) in [6.07, 6.45) is 8.70. The minimum absolute atomic E-state index is 0. The third-order valence-electron chi connectivity index (χ3n) is 8.77. The molecule has 4 aromatic heterocycles. The molecule has 8 aromatic rings. The van der Waals surface area contributed by atoms with Crippen LogP contribution in [0.4, 0.5) is 0 Å². The Balaban J connectivity index is 0.00000257. The average Bonchev–Trinajstić information content (AvgIpc) is 3.50. The second-order valence-corrected chi connectivity index (χ2v) is 13.8. The molecule has 0 atom stereocenters. The second kappa shape index (κ2) is 17.7. The number of hydrogen-bond donors (Lipinski definition) is 0. The Morgan fingerprint density at radius 1 is 0.509 bits per heavy atom. The van der Waals surface area contributed by atoms with E-state index in [9.17, 15) is 0 Å². The number of fused-ring (bicyclic) bond motifs is 3. The molecule has 0 bridgehead atoms. The summed E-state index contributed by atoms with van der Waals surface area (Å²) < 4.78 is 15.2. The van der Waals surface area contributed by atoms with Crippen LogP contribution in [0.5, 0.6) is 23.0 Å². The molecular weight excluding hydrogens is 1040 g/mol. The van der Waals surface area contributed by atoms with Gasteiger partial charge >= 0.3 is 42.1 Å². The second-order valence-electron chi connectivity index (χ2n) is 13.8. The van der Waals surface area contributed by atoms with E-state index in [1.807, 2.05) is 83.4 Å². The Kier molecular flexibility index (Phi) is 12.8. The minimum Gasteiger partial charge on any atom is -0.503 e. The fourth-order valence-corrected chi connectivity index (χ4v) is 6.71. The largest absolute Gasteiger partial charge is 2.00 e. The van der Waals surface area contributed by atoms with Gasteiger partial charge in [-0.15, -0.1) is 71.8 Å². The third-order valence-corrected chi connectivity index (χ3v) is 8.77. The molecule has 0 unspecified atom stereocenters. The van der Waals surface area contributed by atoms with E-state index >= 15 is 0 Å². The fraction of sp³-hybridized carbons (Fsp3) is 0.174. The van der Waals surface area contributed by atoms with Gasteiger partial charge in [0.1, 0.15) is 0 Å². The number of benzene rings is 4. The van der Waals surface area contributed by atoms with Crippen LogP contribution in [0.2, 0.25) is 0 Å². The predicted octanol–water partition coefficient (Wildman–Crippen LogP) is 10.9. The van der Waals surface area contributed by atoms with Gasteiger partial charge in [-0.05, 0) is 54.3 Å². The SMILES string of the molecule is CC(C)Cc1cc(Oc2[c-]c(-c3ccccn3)ccc2)[c-]c2c1c1c(CC(C)C)cc(Oc3[c-]c(-c4ccccn4)ccc3)[c-]c1n2-c1ncccn1.[Pt+2].[Pt+2]. The van der Waals surface area contributed by atoms with Gasteiger partial charge in [0.05, 0.1) is 0 Å². The van der Waals surface area contributed by atoms with Crippen molar-refractivity contribution in [2.24, 2.45) is 11.8 Å². The van der Waals surface area contributed by atoms with Crippen molar-refractivity contribution < 1.29 is 51.6 Å². The summed E-state index contributed by atoms with van der Waals surface area (Å²) in [4.78, 5) is 18.5. The van der Waals surface area contributed by atoms with Crippen molar-refractivity contribution in [3.05, 3.63) is 151 Å². The van der Waals surface area contributed by atoms with Crippen molar-refractivity contribution in [1.29, 1.82) is 0 Å². The number of hydrogen-bond acceptors (Lipinski definition) is 6. The van der Waals surface area contributed by atoms with Gasteiger partial charge in [-0.1, -0.05) is 75.1 Å². The zero-order valence-electron chi connectivity index (χ0n) is 30.7. The molecule has 4 heterocycles. The molecule has 8 rings (SSSR count). The van der Waals surface area contributed by atoms with Crippen LogP contribution in [0.3, 0.4) is 0 Å². The Morgan fingerprint density at radius 3 is 1.38 bits per heavy atom. The molecular formula is C46H37N5O2Pt2. The number of ether oxygens (including phenoxy) is 2. The van der Waals surface area contributed by atoms with Crippen LogP contribution >= 0.6 is 0 Å². The number of aromatic nitrogens is 5. The standard InChI is InChI=1S/C46H37N5O2.2Pt/c1-30(2)22-34-26-38(52-36-14-9-12-32(24-36)40-16-5-7-18-47-40)28-42-44(34)45-35(23-31(3)4)27-39(29-43(45)51(42)46-49-20-11-21-50-46)53-37-15-10-13-33(25-37)41-17-6-8-19-48-41;;/h5-21,26-27,30-31H,22-23H2,1-4H3;;/q-4;2*+2. The molecule has 55 heavy (non-hydrogen) atoms. The summed E-state index contributed by atoms with van der Waals surface area (Å²) in [5.74, 6) is 3.56. The first-order chi connectivity index (χ1) is 25.9. The number of rotatable bonds is 11. The zero-order chi connectivity index (χ0) is 36.3. The van der Waals surface area contributed by atoms with E-state index in [4.69, 9.17) is 19.4 Å². The van der Waals surface area contributed by atoms with Crippen molar-refractivity contribution in [2.45, 2.75) is 40.5 Å². The van der Waals surface area contributed by atoms with Gasteiger partial charge in [0.2, 0.25) is 5.95 Å². The Hall–Kier alpha value is -4.96. The Labute approximate surface area is 350 Å². The maximum atomic E-state index is 6.57. The van der Waals surface area contributed by atoms with E-state index in [2.05, 4.69) is 74.1 Å². The Bertz CT molecular complexity index is 2370. The van der Waals surface area contributed by atoms with Gasteiger partial charge in [-0.3, -0.25) is 0 Å². The molecule has 0 saturated heterocycles. The molecule has 278 valence electrons. The normalized spacial score (nSPS) is 11.1. The Morgan fingerprint density at radius 2 is 0.964 bits per heavy atom. The maximum absolute atomic E-state index is 6.57. The molecule has 0 aliphatic heterocycles. The maximum Gasteiger partial charge on any atom is 2.00 e. The first-order valence-electron chi connectivity index (χ1n) is 17.9. The topological polar surface area (TPSA) is 75.0 Å². The van der Waals surface area contributed by atoms with Crippen LogP contribution in [-0.2, 0) is 55.0 Å². The van der Waals surface area contributed by atoms with Gasteiger partial charge in [0, 0.05) is 47.8 Å². The molecule has 0 aliphatic rings. The van der Waals surface area contributed by atoms with Crippen molar-refractivity contribution in [3.8, 4) is 51.5 Å². The molecule has 0 N–H and O–H groups in total. The summed E-state index contributed by atoms with van der Waals surface area (Å²) in [5.41, 5.74) is 7.26. The summed E-state index contributed by atoms with van der Waals surface area (Å²) in [7, 11) is 0. The van der Waals surface area contributed by atoms with Gasteiger partial charge in [0.15, 0.2) is 0 Å². The van der Waals surface area contributed by atoms with Gasteiger partial charge < -0.3 is 24.0 Å². The molecule has 9 heteroatoms. The van der Waals surface area contributed by atoms with Crippen LogP contribution in [0.1, 0.15) is 38.8 Å². The van der Waals surface area contributed by atoms with E-state index in [0.29, 0.717) is 40.8 Å². The van der Waals surface area contributed by atoms with Crippen LogP contribution < -0.4 is 9.47 Å². The predicted molar refractivity (Wildman–Crippen MR) is 208 cm³/mol. The van der Waals surface area contributed by atoms with Crippen LogP contribution in [-0.4, -0.2) is 24.5 Å². The third kappa shape index (κ3) is 8.80. The summed E-state index contributed by atoms with van der Waals surface area (Å²) in [5, 5.41) is 2.17. The molecule has 0 radical (unpaired) electrons. The quantitative estimate of drug-likeness (QED) is 0.120. The number of pyridine rings is 2. The summed E-state index contributed by atoms with van der Waals surface area (Å²) in [6, 6.07) is 43.4. The molecule has 7 nitrogen and oxygen atoms in total. The van der Waals surface area contributed by atoms with E-state index < -0.39 is 0 Å². The van der Waals surface area contributed by atoms with Crippen molar-refractivity contribution >= 4 is 21.8 Å². The molecule has 0 saturated carbocycles.